The van der Waals surface area contributed by atoms with Crippen LogP contribution in [0.2, 0.25) is 10.2 Å². The van der Waals surface area contributed by atoms with Gasteiger partial charge in [-0.2, -0.15) is 13.2 Å². The highest BCUT2D eigenvalue weighted by atomic mass is 35.5. The van der Waals surface area contributed by atoms with Crippen LogP contribution in [0.3, 0.4) is 0 Å². The molecule has 0 spiro atoms. The fourth-order valence-electron chi connectivity index (χ4n) is 3.57. The summed E-state index contributed by atoms with van der Waals surface area (Å²) in [6.45, 7) is 1.36. The lowest BCUT2D eigenvalue weighted by Gasteiger charge is -2.37. The van der Waals surface area contributed by atoms with Crippen LogP contribution in [-0.4, -0.2) is 27.3 Å². The van der Waals surface area contributed by atoms with E-state index >= 15 is 0 Å². The molecule has 1 heterocycles. The van der Waals surface area contributed by atoms with Crippen LogP contribution < -0.4 is 4.74 Å². The summed E-state index contributed by atoms with van der Waals surface area (Å²) < 4.78 is 47.9. The largest absolute Gasteiger partial charge is 0.489 e. The number of aromatic nitrogens is 1. The van der Waals surface area contributed by atoms with E-state index in [-0.39, 0.29) is 28.8 Å². The molecule has 180 valence electrons. The lowest BCUT2D eigenvalue weighted by molar-refractivity contribution is -0.274. The molecule has 34 heavy (non-hydrogen) atoms. The SMILES string of the molecule is C[C@H](c1ccc(OCc2ccc(CC(=O)O)cc2)cc1Cl)[C@@](O)(c1ccnc(Cl)c1)C(F)(F)F. The molecule has 5 nitrogen and oxygen atoms in total. The first-order valence-electron chi connectivity index (χ1n) is 10.0. The van der Waals surface area contributed by atoms with Crippen molar-refractivity contribution in [2.75, 3.05) is 0 Å². The summed E-state index contributed by atoms with van der Waals surface area (Å²) in [6, 6.07) is 13.0. The van der Waals surface area contributed by atoms with Crippen molar-refractivity contribution in [3.63, 3.8) is 0 Å². The monoisotopic (exact) mass is 513 g/mol. The quantitative estimate of drug-likeness (QED) is 0.353. The number of carboxylic acids is 1. The van der Waals surface area contributed by atoms with Crippen molar-refractivity contribution in [3.05, 3.63) is 93.2 Å². The number of ether oxygens (including phenoxy) is 1. The second-order valence-corrected chi connectivity index (χ2v) is 8.51. The molecule has 0 saturated heterocycles. The smallest absolute Gasteiger partial charge is 0.422 e. The highest BCUT2D eigenvalue weighted by Crippen LogP contribution is 2.50. The molecule has 2 N–H and O–H groups in total. The molecule has 0 aliphatic carbocycles. The van der Waals surface area contributed by atoms with Crippen LogP contribution in [0.1, 0.15) is 35.1 Å². The first kappa shape index (κ1) is 25.8. The number of pyridine rings is 1. The molecule has 0 saturated carbocycles. The van der Waals surface area contributed by atoms with E-state index in [0.29, 0.717) is 11.3 Å². The van der Waals surface area contributed by atoms with Crippen LogP contribution in [0.5, 0.6) is 5.75 Å². The minimum atomic E-state index is -5.03. The number of carboxylic acid groups (broad SMARTS) is 1. The third kappa shape index (κ3) is 5.63. The Labute approximate surface area is 203 Å². The average Bonchev–Trinajstić information content (AvgIpc) is 2.76. The van der Waals surface area contributed by atoms with Crippen molar-refractivity contribution in [2.45, 2.75) is 37.6 Å². The first-order chi connectivity index (χ1) is 15.9. The Kier molecular flexibility index (Phi) is 7.75. The van der Waals surface area contributed by atoms with Gasteiger partial charge < -0.3 is 14.9 Å². The number of hydrogen-bond acceptors (Lipinski definition) is 4. The topological polar surface area (TPSA) is 79.7 Å². The lowest BCUT2D eigenvalue weighted by Crippen LogP contribution is -2.46. The Bertz CT molecular complexity index is 1170. The number of hydrogen-bond donors (Lipinski definition) is 2. The van der Waals surface area contributed by atoms with Crippen LogP contribution >= 0.6 is 23.2 Å². The zero-order chi connectivity index (χ0) is 25.1. The molecule has 0 radical (unpaired) electrons. The molecule has 3 aromatic rings. The van der Waals surface area contributed by atoms with E-state index < -0.39 is 29.2 Å². The van der Waals surface area contributed by atoms with Gasteiger partial charge in [0, 0.05) is 17.1 Å². The molecule has 0 aliphatic rings. The van der Waals surface area contributed by atoms with Crippen molar-refractivity contribution < 1.29 is 32.9 Å². The van der Waals surface area contributed by atoms with Gasteiger partial charge in [0.25, 0.3) is 0 Å². The molecule has 0 aliphatic heterocycles. The maximum atomic E-state index is 14.1. The summed E-state index contributed by atoms with van der Waals surface area (Å²) in [5, 5.41) is 19.5. The second kappa shape index (κ2) is 10.2. The highest BCUT2D eigenvalue weighted by molar-refractivity contribution is 6.31. The Hall–Kier alpha value is -2.81. The van der Waals surface area contributed by atoms with E-state index in [1.807, 2.05) is 0 Å². The predicted molar refractivity (Wildman–Crippen MR) is 121 cm³/mol. The van der Waals surface area contributed by atoms with E-state index in [2.05, 4.69) is 4.98 Å². The minimum absolute atomic E-state index is 0.00960. The Morgan fingerprint density at radius 1 is 1.06 bits per heavy atom. The van der Waals surface area contributed by atoms with Gasteiger partial charge in [-0.05, 0) is 46.5 Å². The summed E-state index contributed by atoms with van der Waals surface area (Å²) in [5.41, 5.74) is -2.23. The Balaban J connectivity index is 1.81. The lowest BCUT2D eigenvalue weighted by atomic mass is 9.78. The van der Waals surface area contributed by atoms with Crippen LogP contribution in [-0.2, 0) is 23.4 Å². The molecule has 1 aromatic heterocycles. The van der Waals surface area contributed by atoms with Crippen molar-refractivity contribution in [1.82, 2.24) is 4.98 Å². The fourth-order valence-corrected chi connectivity index (χ4v) is 4.08. The van der Waals surface area contributed by atoms with Gasteiger partial charge in [-0.25, -0.2) is 4.98 Å². The van der Waals surface area contributed by atoms with Crippen LogP contribution in [0.4, 0.5) is 13.2 Å². The number of halogens is 5. The second-order valence-electron chi connectivity index (χ2n) is 7.71. The van der Waals surface area contributed by atoms with Crippen molar-refractivity contribution in [2.24, 2.45) is 0 Å². The third-order valence-electron chi connectivity index (χ3n) is 5.45. The summed E-state index contributed by atoms with van der Waals surface area (Å²) in [4.78, 5) is 14.4. The van der Waals surface area contributed by atoms with Gasteiger partial charge >= 0.3 is 12.1 Å². The van der Waals surface area contributed by atoms with Crippen LogP contribution in [0, 0.1) is 0 Å². The number of carbonyl (C=O) groups is 1. The number of nitrogens with zero attached hydrogens (tertiary/aromatic N) is 1. The van der Waals surface area contributed by atoms with E-state index in [9.17, 15) is 23.1 Å². The molecule has 10 heteroatoms. The third-order valence-corrected chi connectivity index (χ3v) is 5.98. The molecule has 2 atom stereocenters. The number of rotatable bonds is 8. The molecular weight excluding hydrogens is 494 g/mol. The van der Waals surface area contributed by atoms with E-state index in [0.717, 1.165) is 23.9 Å². The molecule has 0 amide bonds. The van der Waals surface area contributed by atoms with Gasteiger partial charge in [-0.3, -0.25) is 4.79 Å². The summed E-state index contributed by atoms with van der Waals surface area (Å²) >= 11 is 12.1. The van der Waals surface area contributed by atoms with E-state index in [1.165, 1.54) is 25.1 Å². The number of alkyl halides is 3. The minimum Gasteiger partial charge on any atom is -0.489 e. The molecule has 0 bridgehead atoms. The van der Waals surface area contributed by atoms with Gasteiger partial charge in [0.2, 0.25) is 0 Å². The molecule has 0 fully saturated rings. The maximum Gasteiger partial charge on any atom is 0.422 e. The van der Waals surface area contributed by atoms with E-state index in [1.54, 1.807) is 24.3 Å². The maximum absolute atomic E-state index is 14.1. The zero-order valence-corrected chi connectivity index (χ0v) is 19.3. The van der Waals surface area contributed by atoms with Gasteiger partial charge in [0.05, 0.1) is 6.42 Å². The first-order valence-corrected chi connectivity index (χ1v) is 10.8. The fraction of sp³-hybridized carbons (Fsp3) is 0.250. The van der Waals surface area contributed by atoms with Gasteiger partial charge in [-0.1, -0.05) is 60.5 Å². The molecule has 0 unspecified atom stereocenters. The number of benzene rings is 2. The van der Waals surface area contributed by atoms with E-state index in [4.69, 9.17) is 33.0 Å². The average molecular weight is 514 g/mol. The van der Waals surface area contributed by atoms with Crippen molar-refractivity contribution in [3.8, 4) is 5.75 Å². The number of aliphatic carboxylic acids is 1. The summed E-state index contributed by atoms with van der Waals surface area (Å²) in [7, 11) is 0. The van der Waals surface area contributed by atoms with Crippen molar-refractivity contribution >= 4 is 29.2 Å². The summed E-state index contributed by atoms with van der Waals surface area (Å²) in [6.07, 6.45) is -4.03. The normalized spacial score (nSPS) is 14.3. The van der Waals surface area contributed by atoms with Crippen molar-refractivity contribution in [1.29, 1.82) is 0 Å². The number of aliphatic hydroxyl groups is 1. The van der Waals surface area contributed by atoms with Gasteiger partial charge in [-0.15, -0.1) is 0 Å². The Morgan fingerprint density at radius 2 is 1.71 bits per heavy atom. The van der Waals surface area contributed by atoms with Gasteiger partial charge in [0.15, 0.2) is 5.60 Å². The van der Waals surface area contributed by atoms with Crippen LogP contribution in [0.15, 0.2) is 60.8 Å². The molecular formula is C24H20Cl2F3NO4. The Morgan fingerprint density at radius 3 is 2.26 bits per heavy atom. The molecule has 3 rings (SSSR count). The molecule has 2 aromatic carbocycles. The predicted octanol–water partition coefficient (Wildman–Crippen LogP) is 6.15. The highest BCUT2D eigenvalue weighted by Gasteiger charge is 2.59. The van der Waals surface area contributed by atoms with Gasteiger partial charge in [0.1, 0.15) is 17.5 Å². The van der Waals surface area contributed by atoms with Crippen LogP contribution in [0.25, 0.3) is 0 Å². The standard InChI is InChI=1S/C24H20Cl2F3NO4/c1-14(23(33,24(27,28)29)17-8-9-30-21(26)11-17)19-7-6-18(12-20(19)25)34-13-16-4-2-15(3-5-16)10-22(31)32/h2-9,11-12,14,33H,10,13H2,1H3,(H,31,32)/t14-,23-/m1/s1. The summed E-state index contributed by atoms with van der Waals surface area (Å²) in [5.74, 6) is -2.09. The zero-order valence-electron chi connectivity index (χ0n) is 17.8.